The minimum absolute atomic E-state index is 0.896. The molecule has 1 radical (unpaired) electrons. The van der Waals surface area contributed by atoms with Crippen molar-refractivity contribution in [1.82, 2.24) is 10.5 Å². The molecule has 2 nitrogen and oxygen atoms in total. The zero-order valence-electron chi connectivity index (χ0n) is 8.10. The summed E-state index contributed by atoms with van der Waals surface area (Å²) in [6.45, 7) is 0.896. The lowest BCUT2D eigenvalue weighted by atomic mass is 9.74. The van der Waals surface area contributed by atoms with Gasteiger partial charge in [0.1, 0.15) is 0 Å². The molecule has 12 heavy (non-hydrogen) atoms. The van der Waals surface area contributed by atoms with Crippen LogP contribution in [0.2, 0.25) is 6.32 Å². The highest BCUT2D eigenvalue weighted by atomic mass is 15.0. The van der Waals surface area contributed by atoms with Gasteiger partial charge in [0.15, 0.2) is 0 Å². The lowest BCUT2D eigenvalue weighted by Crippen LogP contribution is -2.30. The Hall–Kier alpha value is -0.0151. The molecule has 0 aromatic carbocycles. The summed E-state index contributed by atoms with van der Waals surface area (Å²) in [5.41, 5.74) is 0. The average Bonchev–Trinajstić information content (AvgIpc) is 2.14. The van der Waals surface area contributed by atoms with Crippen LogP contribution in [0.3, 0.4) is 0 Å². The van der Waals surface area contributed by atoms with Gasteiger partial charge in [-0.25, -0.2) is 0 Å². The second-order valence-electron chi connectivity index (χ2n) is 3.68. The Morgan fingerprint density at radius 3 is 2.67 bits per heavy atom. The van der Waals surface area contributed by atoms with Crippen molar-refractivity contribution in [2.24, 2.45) is 5.92 Å². The van der Waals surface area contributed by atoms with Gasteiger partial charge in [-0.2, -0.15) is 0 Å². The standard InChI is InChI=1S/C9H20BN2/c1-11-8-12-10-7-9-5-3-2-4-6-9/h9,11-12H,2-8H2,1H3. The van der Waals surface area contributed by atoms with Crippen LogP contribution in [-0.2, 0) is 0 Å². The summed E-state index contributed by atoms with van der Waals surface area (Å²) < 4.78 is 0. The maximum Gasteiger partial charge on any atom is 0.206 e. The van der Waals surface area contributed by atoms with E-state index in [4.69, 9.17) is 0 Å². The predicted molar refractivity (Wildman–Crippen MR) is 54.2 cm³/mol. The first-order valence-electron chi connectivity index (χ1n) is 5.13. The van der Waals surface area contributed by atoms with Gasteiger partial charge in [0.05, 0.1) is 0 Å². The van der Waals surface area contributed by atoms with E-state index in [1.54, 1.807) is 0 Å². The van der Waals surface area contributed by atoms with Crippen molar-refractivity contribution in [2.75, 3.05) is 13.7 Å². The molecule has 1 aliphatic rings. The Balaban J connectivity index is 1.91. The second-order valence-corrected chi connectivity index (χ2v) is 3.68. The lowest BCUT2D eigenvalue weighted by molar-refractivity contribution is 0.383. The molecule has 69 valence electrons. The van der Waals surface area contributed by atoms with Crippen LogP contribution < -0.4 is 10.5 Å². The lowest BCUT2D eigenvalue weighted by Gasteiger charge is -2.20. The summed E-state index contributed by atoms with van der Waals surface area (Å²) in [6, 6.07) is 0. The smallest absolute Gasteiger partial charge is 0.206 e. The molecule has 0 heterocycles. The van der Waals surface area contributed by atoms with E-state index in [0.717, 1.165) is 12.6 Å². The molecule has 0 aromatic rings. The summed E-state index contributed by atoms with van der Waals surface area (Å²) >= 11 is 0. The fraction of sp³-hybridized carbons (Fsp3) is 1.00. The molecule has 0 saturated heterocycles. The normalized spacial score (nSPS) is 19.4. The van der Waals surface area contributed by atoms with Crippen molar-refractivity contribution in [3.8, 4) is 0 Å². The summed E-state index contributed by atoms with van der Waals surface area (Å²) in [5.74, 6) is 0.961. The number of hydrogen-bond acceptors (Lipinski definition) is 2. The molecule has 0 aliphatic heterocycles. The van der Waals surface area contributed by atoms with Crippen molar-refractivity contribution < 1.29 is 0 Å². The van der Waals surface area contributed by atoms with Crippen LogP contribution in [0.25, 0.3) is 0 Å². The second kappa shape index (κ2) is 6.50. The van der Waals surface area contributed by atoms with Crippen LogP contribution in [0, 0.1) is 5.92 Å². The SMILES string of the molecule is CNCN[B]CC1CCCCC1. The van der Waals surface area contributed by atoms with Crippen molar-refractivity contribution in [3.05, 3.63) is 0 Å². The molecule has 1 fully saturated rings. The fourth-order valence-electron chi connectivity index (χ4n) is 1.85. The molecule has 0 amide bonds. The van der Waals surface area contributed by atoms with E-state index in [1.807, 2.05) is 7.05 Å². The minimum Gasteiger partial charge on any atom is -0.349 e. The van der Waals surface area contributed by atoms with E-state index in [2.05, 4.69) is 18.0 Å². The Kier molecular flexibility index (Phi) is 5.45. The molecular formula is C9H20BN2. The maximum absolute atomic E-state index is 3.25. The zero-order valence-corrected chi connectivity index (χ0v) is 8.10. The molecule has 1 rings (SSSR count). The van der Waals surface area contributed by atoms with E-state index < -0.39 is 0 Å². The first-order chi connectivity index (χ1) is 5.93. The molecule has 0 atom stereocenters. The average molecular weight is 167 g/mol. The molecule has 1 saturated carbocycles. The molecule has 3 heteroatoms. The van der Waals surface area contributed by atoms with Crippen molar-refractivity contribution in [2.45, 2.75) is 38.4 Å². The fourth-order valence-corrected chi connectivity index (χ4v) is 1.85. The quantitative estimate of drug-likeness (QED) is 0.367. The van der Waals surface area contributed by atoms with Gasteiger partial charge >= 0.3 is 0 Å². The van der Waals surface area contributed by atoms with Crippen LogP contribution in [0.15, 0.2) is 0 Å². The van der Waals surface area contributed by atoms with E-state index in [9.17, 15) is 0 Å². The summed E-state index contributed by atoms with van der Waals surface area (Å²) in [7, 11) is 4.17. The number of rotatable bonds is 5. The first kappa shape index (κ1) is 10.1. The molecule has 0 spiro atoms. The van der Waals surface area contributed by atoms with Gasteiger partial charge in [0.25, 0.3) is 0 Å². The van der Waals surface area contributed by atoms with E-state index in [0.29, 0.717) is 0 Å². The van der Waals surface area contributed by atoms with Gasteiger partial charge < -0.3 is 10.5 Å². The summed E-state index contributed by atoms with van der Waals surface area (Å²) in [6.07, 6.45) is 8.49. The molecule has 0 bridgehead atoms. The monoisotopic (exact) mass is 167 g/mol. The Morgan fingerprint density at radius 1 is 1.25 bits per heavy atom. The highest BCUT2D eigenvalue weighted by Gasteiger charge is 2.12. The van der Waals surface area contributed by atoms with Crippen molar-refractivity contribution in [3.63, 3.8) is 0 Å². The van der Waals surface area contributed by atoms with Gasteiger partial charge in [-0.15, -0.1) is 0 Å². The van der Waals surface area contributed by atoms with Gasteiger partial charge in [-0.05, 0) is 13.0 Å². The van der Waals surface area contributed by atoms with Gasteiger partial charge in [-0.1, -0.05) is 38.4 Å². The van der Waals surface area contributed by atoms with Gasteiger partial charge in [0.2, 0.25) is 7.41 Å². The Labute approximate surface area is 76.8 Å². The predicted octanol–water partition coefficient (Wildman–Crippen LogP) is 1.37. The van der Waals surface area contributed by atoms with Crippen molar-refractivity contribution >= 4 is 7.41 Å². The largest absolute Gasteiger partial charge is 0.349 e. The third-order valence-electron chi connectivity index (χ3n) is 2.60. The van der Waals surface area contributed by atoms with Crippen LogP contribution in [0.5, 0.6) is 0 Å². The highest BCUT2D eigenvalue weighted by molar-refractivity contribution is 6.32. The zero-order chi connectivity index (χ0) is 8.65. The van der Waals surface area contributed by atoms with E-state index in [1.165, 1.54) is 38.4 Å². The van der Waals surface area contributed by atoms with Crippen LogP contribution in [0.1, 0.15) is 32.1 Å². The highest BCUT2D eigenvalue weighted by Crippen LogP contribution is 2.25. The van der Waals surface area contributed by atoms with Crippen molar-refractivity contribution in [1.29, 1.82) is 0 Å². The molecule has 1 aliphatic carbocycles. The summed E-state index contributed by atoms with van der Waals surface area (Å²) in [4.78, 5) is 0. The molecule has 2 N–H and O–H groups in total. The number of hydrogen-bond donors (Lipinski definition) is 2. The topological polar surface area (TPSA) is 24.1 Å². The Bertz CT molecular complexity index is 103. The molecule has 0 unspecified atom stereocenters. The van der Waals surface area contributed by atoms with E-state index >= 15 is 0 Å². The van der Waals surface area contributed by atoms with Crippen LogP contribution >= 0.6 is 0 Å². The molecule has 0 aromatic heterocycles. The summed E-state index contributed by atoms with van der Waals surface area (Å²) in [5, 5.41) is 6.31. The van der Waals surface area contributed by atoms with Crippen LogP contribution in [0.4, 0.5) is 0 Å². The Morgan fingerprint density at radius 2 is 2.00 bits per heavy atom. The number of nitrogens with one attached hydrogen (secondary N) is 2. The molecular weight excluding hydrogens is 147 g/mol. The maximum atomic E-state index is 3.25. The van der Waals surface area contributed by atoms with Gasteiger partial charge in [0, 0.05) is 6.67 Å². The first-order valence-corrected chi connectivity index (χ1v) is 5.13. The van der Waals surface area contributed by atoms with Gasteiger partial charge in [-0.3, -0.25) is 0 Å². The third kappa shape index (κ3) is 4.12. The third-order valence-corrected chi connectivity index (χ3v) is 2.60. The van der Waals surface area contributed by atoms with E-state index in [-0.39, 0.29) is 0 Å². The van der Waals surface area contributed by atoms with Crippen LogP contribution in [-0.4, -0.2) is 21.1 Å². The minimum atomic E-state index is 0.896.